The van der Waals surface area contributed by atoms with Crippen LogP contribution in [-0.4, -0.2) is 54.8 Å². The summed E-state index contributed by atoms with van der Waals surface area (Å²) in [6.45, 7) is 2.95. The Morgan fingerprint density at radius 3 is 2.46 bits per heavy atom. The lowest BCUT2D eigenvalue weighted by Crippen LogP contribution is -2.36. The first-order valence-corrected chi connectivity index (χ1v) is 13.6. The number of benzene rings is 3. The van der Waals surface area contributed by atoms with E-state index in [4.69, 9.17) is 21.1 Å². The monoisotopic (exact) mass is 563 g/mol. The van der Waals surface area contributed by atoms with Gasteiger partial charge in [-0.3, -0.25) is 19.3 Å². The molecule has 0 bridgehead atoms. The van der Waals surface area contributed by atoms with Crippen LogP contribution in [0.5, 0.6) is 5.75 Å². The summed E-state index contributed by atoms with van der Waals surface area (Å²) in [7, 11) is 0. The number of morpholine rings is 1. The fourth-order valence-electron chi connectivity index (χ4n) is 4.17. The maximum absolute atomic E-state index is 13.0. The van der Waals surface area contributed by atoms with Gasteiger partial charge in [-0.05, 0) is 65.9 Å². The molecule has 1 N–H and O–H groups in total. The molecule has 3 aromatic rings. The molecule has 0 saturated carbocycles. The summed E-state index contributed by atoms with van der Waals surface area (Å²) in [5, 5.41) is 2.91. The largest absolute Gasteiger partial charge is 0.488 e. The average Bonchev–Trinajstić information content (AvgIpc) is 3.21. The molecule has 2 heterocycles. The summed E-state index contributed by atoms with van der Waals surface area (Å²) >= 11 is 6.75. The molecular formula is C29H26ClN3O5S. The first kappa shape index (κ1) is 26.8. The third kappa shape index (κ3) is 6.81. The molecule has 0 atom stereocenters. The van der Waals surface area contributed by atoms with Gasteiger partial charge in [-0.15, -0.1) is 0 Å². The zero-order valence-electron chi connectivity index (χ0n) is 21.0. The van der Waals surface area contributed by atoms with Gasteiger partial charge in [0.15, 0.2) is 0 Å². The molecule has 3 amide bonds. The average molecular weight is 564 g/mol. The van der Waals surface area contributed by atoms with Crippen LogP contribution < -0.4 is 15.0 Å². The van der Waals surface area contributed by atoms with Crippen molar-refractivity contribution in [2.24, 2.45) is 0 Å². The number of ether oxygens (including phenoxy) is 2. The molecule has 0 unspecified atom stereocenters. The first-order valence-electron chi connectivity index (χ1n) is 12.4. The Bertz CT molecular complexity index is 1390. The Labute approximate surface area is 235 Å². The van der Waals surface area contributed by atoms with E-state index < -0.39 is 17.1 Å². The van der Waals surface area contributed by atoms with Crippen LogP contribution in [-0.2, 0) is 20.9 Å². The summed E-state index contributed by atoms with van der Waals surface area (Å²) in [6.07, 6.45) is 1.62. The molecule has 2 aliphatic heterocycles. The van der Waals surface area contributed by atoms with E-state index in [1.165, 1.54) is 0 Å². The topological polar surface area (TPSA) is 88.2 Å². The molecule has 0 spiro atoms. The first-order chi connectivity index (χ1) is 19.0. The van der Waals surface area contributed by atoms with Crippen LogP contribution in [0.1, 0.15) is 11.1 Å². The van der Waals surface area contributed by atoms with E-state index in [1.54, 1.807) is 42.5 Å². The second kappa shape index (κ2) is 12.4. The maximum atomic E-state index is 13.0. The predicted molar refractivity (Wildman–Crippen MR) is 153 cm³/mol. The van der Waals surface area contributed by atoms with Gasteiger partial charge in [0, 0.05) is 35.1 Å². The Morgan fingerprint density at radius 1 is 1.00 bits per heavy atom. The molecule has 0 aliphatic carbocycles. The SMILES string of the molecule is O=C(CN1C(=O)S/C(=C/c2ccccc2OCc2ccc(Cl)cc2)C1=O)Nc1ccc(N2CCOCC2)cc1. The minimum Gasteiger partial charge on any atom is -0.488 e. The van der Waals surface area contributed by atoms with E-state index in [9.17, 15) is 14.4 Å². The van der Waals surface area contributed by atoms with Gasteiger partial charge in [-0.1, -0.05) is 41.9 Å². The molecule has 5 rings (SSSR count). The highest BCUT2D eigenvalue weighted by molar-refractivity contribution is 8.18. The number of amides is 3. The van der Waals surface area contributed by atoms with Gasteiger partial charge in [-0.25, -0.2) is 0 Å². The third-order valence-corrected chi connectivity index (χ3v) is 7.38. The van der Waals surface area contributed by atoms with E-state index in [0.717, 1.165) is 41.0 Å². The van der Waals surface area contributed by atoms with Gasteiger partial charge in [0.05, 0.1) is 18.1 Å². The number of rotatable bonds is 8. The second-order valence-corrected chi connectivity index (χ2v) is 10.3. The second-order valence-electron chi connectivity index (χ2n) is 8.92. The van der Waals surface area contributed by atoms with Crippen LogP contribution >= 0.6 is 23.4 Å². The summed E-state index contributed by atoms with van der Waals surface area (Å²) in [4.78, 5) is 41.7. The van der Waals surface area contributed by atoms with Crippen molar-refractivity contribution in [3.63, 3.8) is 0 Å². The summed E-state index contributed by atoms with van der Waals surface area (Å²) < 4.78 is 11.3. The maximum Gasteiger partial charge on any atom is 0.294 e. The van der Waals surface area contributed by atoms with Gasteiger partial charge in [-0.2, -0.15) is 0 Å². The number of nitrogens with zero attached hydrogens (tertiary/aromatic N) is 2. The molecule has 200 valence electrons. The zero-order chi connectivity index (χ0) is 27.2. The lowest BCUT2D eigenvalue weighted by Gasteiger charge is -2.28. The van der Waals surface area contributed by atoms with Crippen LogP contribution in [0.3, 0.4) is 0 Å². The van der Waals surface area contributed by atoms with Gasteiger partial charge >= 0.3 is 0 Å². The number of nitrogens with one attached hydrogen (secondary N) is 1. The third-order valence-electron chi connectivity index (χ3n) is 6.22. The van der Waals surface area contributed by atoms with Crippen LogP contribution in [0.15, 0.2) is 77.7 Å². The summed E-state index contributed by atoms with van der Waals surface area (Å²) in [6, 6.07) is 22.0. The zero-order valence-corrected chi connectivity index (χ0v) is 22.5. The van der Waals surface area contributed by atoms with Crippen LogP contribution in [0.4, 0.5) is 16.2 Å². The van der Waals surface area contributed by atoms with Crippen molar-refractivity contribution in [2.45, 2.75) is 6.61 Å². The van der Waals surface area contributed by atoms with Crippen LogP contribution in [0, 0.1) is 0 Å². The summed E-state index contributed by atoms with van der Waals surface area (Å²) in [5.41, 5.74) is 3.23. The molecule has 2 saturated heterocycles. The normalized spacial score (nSPS) is 16.6. The number of anilines is 2. The van der Waals surface area contributed by atoms with E-state index in [2.05, 4.69) is 10.2 Å². The minimum absolute atomic E-state index is 0.227. The molecule has 3 aromatic carbocycles. The standard InChI is InChI=1S/C29H26ClN3O5S/c30-22-7-5-20(6-8-22)19-38-25-4-2-1-3-21(25)17-26-28(35)33(29(36)39-26)18-27(34)31-23-9-11-24(12-10-23)32-13-15-37-16-14-32/h1-12,17H,13-16,18-19H2,(H,31,34)/b26-17+. The Balaban J connectivity index is 1.20. The molecular weight excluding hydrogens is 538 g/mol. The fraction of sp³-hybridized carbons (Fsp3) is 0.207. The highest BCUT2D eigenvalue weighted by Crippen LogP contribution is 2.34. The quantitative estimate of drug-likeness (QED) is 0.366. The Hall–Kier alpha value is -3.79. The van der Waals surface area contributed by atoms with Gasteiger partial charge in [0.2, 0.25) is 5.91 Å². The number of imide groups is 1. The molecule has 10 heteroatoms. The molecule has 0 radical (unpaired) electrons. The van der Waals surface area contributed by atoms with Crippen LogP contribution in [0.2, 0.25) is 5.02 Å². The predicted octanol–water partition coefficient (Wildman–Crippen LogP) is 5.43. The number of hydrogen-bond donors (Lipinski definition) is 1. The van der Waals surface area contributed by atoms with Crippen molar-refractivity contribution < 1.29 is 23.9 Å². The minimum atomic E-state index is -0.518. The van der Waals surface area contributed by atoms with Crippen molar-refractivity contribution in [2.75, 3.05) is 43.1 Å². The highest BCUT2D eigenvalue weighted by Gasteiger charge is 2.36. The lowest BCUT2D eigenvalue weighted by atomic mass is 10.1. The highest BCUT2D eigenvalue weighted by atomic mass is 35.5. The molecule has 2 fully saturated rings. The number of carbonyl (C=O) groups excluding carboxylic acids is 3. The Morgan fingerprint density at radius 2 is 1.72 bits per heavy atom. The van der Waals surface area contributed by atoms with Gasteiger partial charge in [0.25, 0.3) is 11.1 Å². The van der Waals surface area contributed by atoms with E-state index in [0.29, 0.717) is 41.8 Å². The summed E-state index contributed by atoms with van der Waals surface area (Å²) in [5.74, 6) is -0.405. The van der Waals surface area contributed by atoms with Gasteiger partial charge in [0.1, 0.15) is 18.9 Å². The van der Waals surface area contributed by atoms with Crippen LogP contribution in [0.25, 0.3) is 6.08 Å². The van der Waals surface area contributed by atoms with Crippen molar-refractivity contribution in [1.29, 1.82) is 0 Å². The van der Waals surface area contributed by atoms with E-state index >= 15 is 0 Å². The van der Waals surface area contributed by atoms with E-state index in [-0.39, 0.29) is 11.4 Å². The van der Waals surface area contributed by atoms with Crippen molar-refractivity contribution in [3.8, 4) is 5.75 Å². The van der Waals surface area contributed by atoms with Crippen molar-refractivity contribution in [3.05, 3.63) is 93.9 Å². The lowest BCUT2D eigenvalue weighted by molar-refractivity contribution is -0.127. The number of thioether (sulfide) groups is 1. The molecule has 0 aromatic heterocycles. The van der Waals surface area contributed by atoms with Gasteiger partial charge < -0.3 is 19.7 Å². The smallest absolute Gasteiger partial charge is 0.294 e. The van der Waals surface area contributed by atoms with E-state index in [1.807, 2.05) is 36.4 Å². The molecule has 2 aliphatic rings. The van der Waals surface area contributed by atoms with Crippen molar-refractivity contribution in [1.82, 2.24) is 4.90 Å². The number of halogens is 1. The van der Waals surface area contributed by atoms with Crippen molar-refractivity contribution >= 4 is 57.9 Å². The number of carbonyl (C=O) groups is 3. The molecule has 8 nitrogen and oxygen atoms in total. The molecule has 39 heavy (non-hydrogen) atoms. The number of para-hydroxylation sites is 1. The number of hydrogen-bond acceptors (Lipinski definition) is 7. The fourth-order valence-corrected chi connectivity index (χ4v) is 5.13. The Kier molecular flexibility index (Phi) is 8.51.